The van der Waals surface area contributed by atoms with Crippen LogP contribution < -0.4 is 0 Å². The standard InChI is InChI=1S/C15H17ClFNO/c1-10(2)15(19)12-6-7-18(9-12)8-11-4-3-5-13(16)14(11)17/h3-7,9-10,15,19H,8H2,1-2H3. The van der Waals surface area contributed by atoms with Crippen LogP contribution >= 0.6 is 11.6 Å². The van der Waals surface area contributed by atoms with Crippen LogP contribution in [-0.2, 0) is 6.54 Å². The molecule has 0 aliphatic carbocycles. The molecule has 1 aromatic heterocycles. The minimum absolute atomic E-state index is 0.132. The molecule has 0 saturated heterocycles. The summed E-state index contributed by atoms with van der Waals surface area (Å²) in [7, 11) is 0. The van der Waals surface area contributed by atoms with Gasteiger partial charge in [0.15, 0.2) is 0 Å². The highest BCUT2D eigenvalue weighted by molar-refractivity contribution is 6.30. The molecule has 0 aliphatic rings. The molecule has 19 heavy (non-hydrogen) atoms. The maximum atomic E-state index is 13.8. The Kier molecular flexibility index (Phi) is 4.27. The lowest BCUT2D eigenvalue weighted by molar-refractivity contribution is 0.127. The molecule has 0 bridgehead atoms. The molecule has 2 aromatic rings. The quantitative estimate of drug-likeness (QED) is 0.900. The number of aromatic nitrogens is 1. The summed E-state index contributed by atoms with van der Waals surface area (Å²) >= 11 is 5.75. The zero-order valence-corrected chi connectivity index (χ0v) is 11.7. The van der Waals surface area contributed by atoms with Crippen molar-refractivity contribution >= 4 is 11.6 Å². The van der Waals surface area contributed by atoms with E-state index in [0.717, 1.165) is 5.56 Å². The summed E-state index contributed by atoms with van der Waals surface area (Å²) in [4.78, 5) is 0. The SMILES string of the molecule is CC(C)C(O)c1ccn(Cc2cccc(Cl)c2F)c1. The first-order valence-corrected chi connectivity index (χ1v) is 6.63. The Labute approximate surface area is 117 Å². The van der Waals surface area contributed by atoms with Gasteiger partial charge in [-0.3, -0.25) is 0 Å². The van der Waals surface area contributed by atoms with Gasteiger partial charge in [0.2, 0.25) is 0 Å². The number of halogens is 2. The van der Waals surface area contributed by atoms with Crippen LogP contribution in [0.4, 0.5) is 4.39 Å². The maximum Gasteiger partial charge on any atom is 0.146 e. The van der Waals surface area contributed by atoms with Gasteiger partial charge in [-0.1, -0.05) is 37.6 Å². The first-order chi connectivity index (χ1) is 8.99. The van der Waals surface area contributed by atoms with Crippen molar-refractivity contribution in [1.82, 2.24) is 4.57 Å². The Balaban J connectivity index is 2.18. The van der Waals surface area contributed by atoms with Gasteiger partial charge in [-0.25, -0.2) is 4.39 Å². The second kappa shape index (κ2) is 5.76. The van der Waals surface area contributed by atoms with Gasteiger partial charge in [0, 0.05) is 24.5 Å². The fourth-order valence-electron chi connectivity index (χ4n) is 1.98. The van der Waals surface area contributed by atoms with Gasteiger partial charge < -0.3 is 9.67 Å². The minimum atomic E-state index is -0.495. The van der Waals surface area contributed by atoms with Crippen molar-refractivity contribution < 1.29 is 9.50 Å². The van der Waals surface area contributed by atoms with E-state index in [-0.39, 0.29) is 16.8 Å². The van der Waals surface area contributed by atoms with E-state index in [1.165, 1.54) is 6.07 Å². The average Bonchev–Trinajstić information content (AvgIpc) is 2.82. The number of rotatable bonds is 4. The molecule has 0 amide bonds. The van der Waals surface area contributed by atoms with Crippen molar-refractivity contribution in [1.29, 1.82) is 0 Å². The van der Waals surface area contributed by atoms with Gasteiger partial charge in [0.1, 0.15) is 5.82 Å². The van der Waals surface area contributed by atoms with E-state index in [9.17, 15) is 9.50 Å². The van der Waals surface area contributed by atoms with Crippen LogP contribution in [0.15, 0.2) is 36.7 Å². The van der Waals surface area contributed by atoms with Gasteiger partial charge in [-0.2, -0.15) is 0 Å². The molecule has 0 aliphatic heterocycles. The van der Waals surface area contributed by atoms with Crippen molar-refractivity contribution in [2.45, 2.75) is 26.5 Å². The van der Waals surface area contributed by atoms with Gasteiger partial charge in [0.25, 0.3) is 0 Å². The first-order valence-electron chi connectivity index (χ1n) is 6.25. The topological polar surface area (TPSA) is 25.2 Å². The third kappa shape index (κ3) is 3.17. The van der Waals surface area contributed by atoms with Gasteiger partial charge in [0.05, 0.1) is 11.1 Å². The van der Waals surface area contributed by atoms with Crippen LogP contribution in [0.2, 0.25) is 5.02 Å². The number of hydrogen-bond donors (Lipinski definition) is 1. The van der Waals surface area contributed by atoms with Crippen molar-refractivity contribution in [3.8, 4) is 0 Å². The average molecular weight is 282 g/mol. The summed E-state index contributed by atoms with van der Waals surface area (Å²) in [6.45, 7) is 4.31. The summed E-state index contributed by atoms with van der Waals surface area (Å²) in [5.74, 6) is -0.234. The Morgan fingerprint density at radius 1 is 1.32 bits per heavy atom. The molecule has 2 nitrogen and oxygen atoms in total. The van der Waals surface area contributed by atoms with E-state index < -0.39 is 6.10 Å². The summed E-state index contributed by atoms with van der Waals surface area (Å²) in [5.41, 5.74) is 1.38. The normalized spacial score (nSPS) is 12.9. The van der Waals surface area contributed by atoms with E-state index in [0.29, 0.717) is 12.1 Å². The lowest BCUT2D eigenvalue weighted by Crippen LogP contribution is -2.05. The summed E-state index contributed by atoms with van der Waals surface area (Å²) in [6, 6.07) is 6.82. The number of nitrogens with zero attached hydrogens (tertiary/aromatic N) is 1. The van der Waals surface area contributed by atoms with E-state index in [1.807, 2.05) is 36.9 Å². The molecule has 1 atom stereocenters. The second-order valence-corrected chi connectivity index (χ2v) is 5.43. The number of benzene rings is 1. The highest BCUT2D eigenvalue weighted by Gasteiger charge is 2.13. The molecule has 0 spiro atoms. The number of aliphatic hydroxyl groups excluding tert-OH is 1. The number of hydrogen-bond acceptors (Lipinski definition) is 1. The lowest BCUT2D eigenvalue weighted by atomic mass is 10.0. The van der Waals surface area contributed by atoms with Crippen molar-refractivity contribution in [2.24, 2.45) is 5.92 Å². The molecule has 102 valence electrons. The molecule has 1 heterocycles. The van der Waals surface area contributed by atoms with Crippen LogP contribution in [0.5, 0.6) is 0 Å². The van der Waals surface area contributed by atoms with E-state index in [2.05, 4.69) is 0 Å². The third-order valence-corrected chi connectivity index (χ3v) is 3.42. The van der Waals surface area contributed by atoms with Crippen LogP contribution in [0.3, 0.4) is 0 Å². The fourth-order valence-corrected chi connectivity index (χ4v) is 2.18. The van der Waals surface area contributed by atoms with E-state index in [4.69, 9.17) is 11.6 Å². The molecule has 1 unspecified atom stereocenters. The summed E-state index contributed by atoms with van der Waals surface area (Å²) < 4.78 is 15.6. The zero-order valence-electron chi connectivity index (χ0n) is 11.0. The highest BCUT2D eigenvalue weighted by Crippen LogP contribution is 2.23. The molecule has 1 aromatic carbocycles. The van der Waals surface area contributed by atoms with Crippen molar-refractivity contribution in [3.05, 3.63) is 58.6 Å². The minimum Gasteiger partial charge on any atom is -0.388 e. The van der Waals surface area contributed by atoms with Gasteiger partial charge >= 0.3 is 0 Å². The molecule has 1 N–H and O–H groups in total. The highest BCUT2D eigenvalue weighted by atomic mass is 35.5. The largest absolute Gasteiger partial charge is 0.388 e. The Bertz CT molecular complexity index is 565. The Morgan fingerprint density at radius 2 is 2.05 bits per heavy atom. The predicted octanol–water partition coefficient (Wildman–Crippen LogP) is 4.02. The molecular formula is C15H17ClFNO. The summed E-state index contributed by atoms with van der Waals surface area (Å²) in [5, 5.41) is 10.1. The Hall–Kier alpha value is -1.32. The third-order valence-electron chi connectivity index (χ3n) is 3.13. The molecule has 0 saturated carbocycles. The van der Waals surface area contributed by atoms with Gasteiger partial charge in [-0.15, -0.1) is 0 Å². The Morgan fingerprint density at radius 3 is 2.74 bits per heavy atom. The second-order valence-electron chi connectivity index (χ2n) is 5.02. The molecular weight excluding hydrogens is 265 g/mol. The molecule has 2 rings (SSSR count). The van der Waals surface area contributed by atoms with Crippen LogP contribution in [-0.4, -0.2) is 9.67 Å². The maximum absolute atomic E-state index is 13.8. The summed E-state index contributed by atoms with van der Waals surface area (Å²) in [6.07, 6.45) is 3.18. The molecule has 4 heteroatoms. The lowest BCUT2D eigenvalue weighted by Gasteiger charge is -2.12. The zero-order chi connectivity index (χ0) is 14.0. The van der Waals surface area contributed by atoms with Crippen LogP contribution in [0.1, 0.15) is 31.1 Å². The molecule has 0 fully saturated rings. The first kappa shape index (κ1) is 14.1. The van der Waals surface area contributed by atoms with E-state index in [1.54, 1.807) is 12.1 Å². The monoisotopic (exact) mass is 281 g/mol. The fraction of sp³-hybridized carbons (Fsp3) is 0.333. The molecule has 0 radical (unpaired) electrons. The van der Waals surface area contributed by atoms with Crippen LogP contribution in [0, 0.1) is 11.7 Å². The van der Waals surface area contributed by atoms with Crippen molar-refractivity contribution in [3.63, 3.8) is 0 Å². The predicted molar refractivity (Wildman–Crippen MR) is 74.7 cm³/mol. The van der Waals surface area contributed by atoms with Crippen LogP contribution in [0.25, 0.3) is 0 Å². The smallest absolute Gasteiger partial charge is 0.146 e. The van der Waals surface area contributed by atoms with Crippen molar-refractivity contribution in [2.75, 3.05) is 0 Å². The number of aliphatic hydroxyl groups is 1. The van der Waals surface area contributed by atoms with E-state index >= 15 is 0 Å². The van der Waals surface area contributed by atoms with Gasteiger partial charge in [-0.05, 0) is 23.6 Å².